The van der Waals surface area contributed by atoms with E-state index >= 15 is 0 Å². The normalized spacial score (nSPS) is 22.5. The van der Waals surface area contributed by atoms with Gasteiger partial charge >= 0.3 is 12.0 Å². The van der Waals surface area contributed by atoms with Crippen LogP contribution in [0.4, 0.5) is 4.79 Å². The first-order chi connectivity index (χ1) is 9.96. The second-order valence-corrected chi connectivity index (χ2v) is 5.46. The fraction of sp³-hybridized carbons (Fsp3) is 0.857. The van der Waals surface area contributed by atoms with Crippen LogP contribution in [0.15, 0.2) is 0 Å². The third-order valence-electron chi connectivity index (χ3n) is 3.66. The van der Waals surface area contributed by atoms with E-state index in [0.717, 1.165) is 12.8 Å². The summed E-state index contributed by atoms with van der Waals surface area (Å²) in [5.74, 6) is -0.809. The van der Waals surface area contributed by atoms with Gasteiger partial charge in [0.15, 0.2) is 0 Å². The predicted molar refractivity (Wildman–Crippen MR) is 79.3 cm³/mol. The highest BCUT2D eigenvalue weighted by atomic mass is 16.5. The number of carbonyl (C=O) groups excluding carboxylic acids is 1. The molecule has 0 aliphatic heterocycles. The Bertz CT molecular complexity index is 345. The quantitative estimate of drug-likeness (QED) is 0.581. The number of carboxylic acids is 1. The SMILES string of the molecule is CCOC[C@H](C)NC(=O)NC1CC(N(CC)CC(=O)O)C1. The molecule has 7 heteroatoms. The van der Waals surface area contributed by atoms with E-state index in [2.05, 4.69) is 10.6 Å². The van der Waals surface area contributed by atoms with E-state index in [-0.39, 0.29) is 30.7 Å². The molecule has 1 fully saturated rings. The number of nitrogens with zero attached hydrogens (tertiary/aromatic N) is 1. The van der Waals surface area contributed by atoms with Crippen molar-refractivity contribution < 1.29 is 19.4 Å². The Morgan fingerprint density at radius 3 is 2.57 bits per heavy atom. The van der Waals surface area contributed by atoms with Gasteiger partial charge in [-0.2, -0.15) is 0 Å². The maximum absolute atomic E-state index is 11.8. The number of amides is 2. The van der Waals surface area contributed by atoms with E-state index in [1.807, 2.05) is 25.7 Å². The summed E-state index contributed by atoms with van der Waals surface area (Å²) in [6, 6.07) is 0.154. The van der Waals surface area contributed by atoms with Crippen molar-refractivity contribution in [3.8, 4) is 0 Å². The van der Waals surface area contributed by atoms with Gasteiger partial charge in [0.25, 0.3) is 0 Å². The lowest BCUT2D eigenvalue weighted by Crippen LogP contribution is -2.57. The zero-order valence-corrected chi connectivity index (χ0v) is 13.1. The molecule has 122 valence electrons. The first-order valence-corrected chi connectivity index (χ1v) is 7.56. The molecule has 0 radical (unpaired) electrons. The molecular formula is C14H27N3O4. The van der Waals surface area contributed by atoms with Crippen molar-refractivity contribution in [3.63, 3.8) is 0 Å². The van der Waals surface area contributed by atoms with Crippen LogP contribution in [0.5, 0.6) is 0 Å². The lowest BCUT2D eigenvalue weighted by molar-refractivity contribution is -0.139. The molecular weight excluding hydrogens is 274 g/mol. The molecule has 3 N–H and O–H groups in total. The molecule has 7 nitrogen and oxygen atoms in total. The number of hydrogen-bond donors (Lipinski definition) is 3. The number of likely N-dealkylation sites (N-methyl/N-ethyl adjacent to an activating group) is 1. The van der Waals surface area contributed by atoms with Gasteiger partial charge in [0, 0.05) is 18.7 Å². The number of aliphatic carboxylic acids is 1. The molecule has 2 amide bonds. The molecule has 1 atom stereocenters. The summed E-state index contributed by atoms with van der Waals surface area (Å²) < 4.78 is 5.24. The summed E-state index contributed by atoms with van der Waals surface area (Å²) in [6.45, 7) is 7.66. The average Bonchev–Trinajstić information content (AvgIpc) is 2.37. The highest BCUT2D eigenvalue weighted by Gasteiger charge is 2.34. The smallest absolute Gasteiger partial charge is 0.317 e. The highest BCUT2D eigenvalue weighted by molar-refractivity contribution is 5.74. The molecule has 0 spiro atoms. The van der Waals surface area contributed by atoms with Crippen molar-refractivity contribution in [1.29, 1.82) is 0 Å². The minimum absolute atomic E-state index is 0.0278. The third-order valence-corrected chi connectivity index (χ3v) is 3.66. The molecule has 0 saturated heterocycles. The van der Waals surface area contributed by atoms with Crippen LogP contribution in [0.25, 0.3) is 0 Å². The Morgan fingerprint density at radius 2 is 2.05 bits per heavy atom. The van der Waals surface area contributed by atoms with E-state index < -0.39 is 5.97 Å². The van der Waals surface area contributed by atoms with Crippen LogP contribution in [0, 0.1) is 0 Å². The Morgan fingerprint density at radius 1 is 1.38 bits per heavy atom. The van der Waals surface area contributed by atoms with Crippen LogP contribution in [0.3, 0.4) is 0 Å². The van der Waals surface area contributed by atoms with Gasteiger partial charge in [-0.25, -0.2) is 4.79 Å². The van der Waals surface area contributed by atoms with E-state index in [9.17, 15) is 9.59 Å². The molecule has 0 heterocycles. The maximum Gasteiger partial charge on any atom is 0.317 e. The van der Waals surface area contributed by atoms with Crippen LogP contribution in [0.2, 0.25) is 0 Å². The second-order valence-electron chi connectivity index (χ2n) is 5.46. The number of carbonyl (C=O) groups is 2. The van der Waals surface area contributed by atoms with E-state index in [1.54, 1.807) is 0 Å². The number of ether oxygens (including phenoxy) is 1. The first-order valence-electron chi connectivity index (χ1n) is 7.56. The highest BCUT2D eigenvalue weighted by Crippen LogP contribution is 2.25. The van der Waals surface area contributed by atoms with Crippen molar-refractivity contribution in [1.82, 2.24) is 15.5 Å². The van der Waals surface area contributed by atoms with Crippen LogP contribution >= 0.6 is 0 Å². The number of rotatable bonds is 9. The zero-order valence-electron chi connectivity index (χ0n) is 13.1. The standard InChI is InChI=1S/C14H27N3O4/c1-4-17(8-13(18)19)12-6-11(7-12)16-14(20)15-10(3)9-21-5-2/h10-12H,4-9H2,1-3H3,(H,18,19)(H2,15,16,20)/t10-,11?,12?/m0/s1. The minimum atomic E-state index is -0.809. The molecule has 0 aromatic carbocycles. The Labute approximate surface area is 126 Å². The topological polar surface area (TPSA) is 90.9 Å². The Hall–Kier alpha value is -1.34. The van der Waals surface area contributed by atoms with Crippen LogP contribution in [-0.2, 0) is 9.53 Å². The number of urea groups is 1. The van der Waals surface area contributed by atoms with Gasteiger partial charge in [0.1, 0.15) is 0 Å². The lowest BCUT2D eigenvalue weighted by Gasteiger charge is -2.42. The van der Waals surface area contributed by atoms with Gasteiger partial charge in [0.05, 0.1) is 19.2 Å². The molecule has 0 bridgehead atoms. The van der Waals surface area contributed by atoms with Crippen molar-refractivity contribution in [2.45, 2.75) is 51.7 Å². The third kappa shape index (κ3) is 6.31. The van der Waals surface area contributed by atoms with Gasteiger partial charge in [-0.3, -0.25) is 9.69 Å². The molecule has 21 heavy (non-hydrogen) atoms. The molecule has 0 aromatic rings. The maximum atomic E-state index is 11.8. The lowest BCUT2D eigenvalue weighted by atomic mass is 9.85. The molecule has 1 aliphatic rings. The summed E-state index contributed by atoms with van der Waals surface area (Å²) in [7, 11) is 0. The van der Waals surface area contributed by atoms with Gasteiger partial charge in [-0.1, -0.05) is 6.92 Å². The number of carboxylic acid groups (broad SMARTS) is 1. The van der Waals surface area contributed by atoms with Crippen molar-refractivity contribution in [3.05, 3.63) is 0 Å². The van der Waals surface area contributed by atoms with E-state index in [1.165, 1.54) is 0 Å². The molecule has 1 aliphatic carbocycles. The van der Waals surface area contributed by atoms with Crippen LogP contribution in [0.1, 0.15) is 33.6 Å². The number of nitrogens with one attached hydrogen (secondary N) is 2. The Kier molecular flexibility index (Phi) is 7.45. The predicted octanol–water partition coefficient (Wildman–Crippen LogP) is 0.648. The van der Waals surface area contributed by atoms with Crippen molar-refractivity contribution >= 4 is 12.0 Å². The molecule has 0 unspecified atom stereocenters. The van der Waals surface area contributed by atoms with Crippen molar-refractivity contribution in [2.24, 2.45) is 0 Å². The van der Waals surface area contributed by atoms with Gasteiger partial charge in [-0.05, 0) is 33.2 Å². The summed E-state index contributed by atoms with van der Waals surface area (Å²) in [4.78, 5) is 24.4. The average molecular weight is 301 g/mol. The number of hydrogen-bond acceptors (Lipinski definition) is 4. The summed E-state index contributed by atoms with van der Waals surface area (Å²) in [6.07, 6.45) is 1.60. The Balaban J connectivity index is 2.21. The van der Waals surface area contributed by atoms with Crippen molar-refractivity contribution in [2.75, 3.05) is 26.3 Å². The summed E-state index contributed by atoms with van der Waals surface area (Å²) in [5, 5.41) is 14.6. The van der Waals surface area contributed by atoms with Crippen LogP contribution < -0.4 is 10.6 Å². The van der Waals surface area contributed by atoms with Crippen LogP contribution in [-0.4, -0.2) is 66.4 Å². The zero-order chi connectivity index (χ0) is 15.8. The van der Waals surface area contributed by atoms with E-state index in [4.69, 9.17) is 9.84 Å². The second kappa shape index (κ2) is 8.84. The summed E-state index contributed by atoms with van der Waals surface area (Å²) >= 11 is 0. The molecule has 0 aromatic heterocycles. The van der Waals surface area contributed by atoms with E-state index in [0.29, 0.717) is 19.8 Å². The molecule has 1 saturated carbocycles. The van der Waals surface area contributed by atoms with Gasteiger partial charge in [0.2, 0.25) is 0 Å². The molecule has 1 rings (SSSR count). The largest absolute Gasteiger partial charge is 0.480 e. The monoisotopic (exact) mass is 301 g/mol. The van der Waals surface area contributed by atoms with Gasteiger partial charge in [-0.15, -0.1) is 0 Å². The fourth-order valence-electron chi connectivity index (χ4n) is 2.46. The first kappa shape index (κ1) is 17.7. The van der Waals surface area contributed by atoms with Gasteiger partial charge < -0.3 is 20.5 Å². The minimum Gasteiger partial charge on any atom is -0.480 e. The summed E-state index contributed by atoms with van der Waals surface area (Å²) in [5.41, 5.74) is 0. The fourth-order valence-corrected chi connectivity index (χ4v) is 2.46.